The highest BCUT2D eigenvalue weighted by atomic mass is 16.5. The lowest BCUT2D eigenvalue weighted by molar-refractivity contribution is -0.151. The zero-order chi connectivity index (χ0) is 15.7. The summed E-state index contributed by atoms with van der Waals surface area (Å²) in [6.45, 7) is 0. The van der Waals surface area contributed by atoms with Crippen molar-refractivity contribution in [3.8, 4) is 11.1 Å². The predicted molar refractivity (Wildman–Crippen MR) is 81.5 cm³/mol. The van der Waals surface area contributed by atoms with Crippen LogP contribution in [0.4, 0.5) is 0 Å². The van der Waals surface area contributed by atoms with Gasteiger partial charge >= 0.3 is 11.9 Å². The third kappa shape index (κ3) is 2.26. The monoisotopic (exact) mass is 296 g/mol. The quantitative estimate of drug-likeness (QED) is 0.881. The summed E-state index contributed by atoms with van der Waals surface area (Å²) >= 11 is 0. The zero-order valence-corrected chi connectivity index (χ0v) is 12.2. The predicted octanol–water partition coefficient (Wildman–Crippen LogP) is 3.06. The first-order chi connectivity index (χ1) is 10.6. The number of fused-ring (bicyclic) bond motifs is 3. The fraction of sp³-hybridized carbons (Fsp3) is 0.222. The molecule has 112 valence electrons. The number of carbonyl (C=O) groups excluding carboxylic acids is 1. The second kappa shape index (κ2) is 5.64. The molecule has 0 saturated heterocycles. The number of carboxylic acid groups (broad SMARTS) is 1. The van der Waals surface area contributed by atoms with Gasteiger partial charge in [-0.3, -0.25) is 9.59 Å². The minimum atomic E-state index is -1.00. The van der Waals surface area contributed by atoms with Crippen molar-refractivity contribution in [1.82, 2.24) is 0 Å². The van der Waals surface area contributed by atoms with E-state index in [-0.39, 0.29) is 12.3 Å². The average molecular weight is 296 g/mol. The van der Waals surface area contributed by atoms with Gasteiger partial charge in [0.05, 0.1) is 19.4 Å². The van der Waals surface area contributed by atoms with E-state index in [9.17, 15) is 14.7 Å². The molecule has 1 N–H and O–H groups in total. The van der Waals surface area contributed by atoms with E-state index in [1.807, 2.05) is 48.5 Å². The van der Waals surface area contributed by atoms with Crippen LogP contribution in [0.3, 0.4) is 0 Å². The highest BCUT2D eigenvalue weighted by Gasteiger charge is 2.39. The van der Waals surface area contributed by atoms with Gasteiger partial charge in [-0.25, -0.2) is 0 Å². The molecule has 4 heteroatoms. The Balaban J connectivity index is 2.16. The highest BCUT2D eigenvalue weighted by Crippen LogP contribution is 2.48. The summed E-state index contributed by atoms with van der Waals surface area (Å²) in [5.74, 6) is -2.50. The second-order valence-corrected chi connectivity index (χ2v) is 5.38. The van der Waals surface area contributed by atoms with Crippen molar-refractivity contribution < 1.29 is 19.4 Å². The van der Waals surface area contributed by atoms with E-state index in [1.165, 1.54) is 7.11 Å². The first-order valence-corrected chi connectivity index (χ1v) is 7.11. The summed E-state index contributed by atoms with van der Waals surface area (Å²) in [7, 11) is 1.30. The molecule has 0 bridgehead atoms. The Morgan fingerprint density at radius 3 is 2.00 bits per heavy atom. The first-order valence-electron chi connectivity index (χ1n) is 7.11. The Morgan fingerprint density at radius 1 is 1.05 bits per heavy atom. The number of ether oxygens (including phenoxy) is 1. The minimum Gasteiger partial charge on any atom is -0.481 e. The third-order valence-corrected chi connectivity index (χ3v) is 4.18. The van der Waals surface area contributed by atoms with Crippen LogP contribution < -0.4 is 0 Å². The normalized spacial score (nSPS) is 14.0. The van der Waals surface area contributed by atoms with Crippen molar-refractivity contribution in [2.45, 2.75) is 12.3 Å². The molecule has 1 aliphatic carbocycles. The third-order valence-electron chi connectivity index (χ3n) is 4.18. The number of carbonyl (C=O) groups is 2. The average Bonchev–Trinajstić information content (AvgIpc) is 2.86. The first kappa shape index (κ1) is 14.3. The summed E-state index contributed by atoms with van der Waals surface area (Å²) in [6.07, 6.45) is -0.250. The van der Waals surface area contributed by atoms with Crippen molar-refractivity contribution in [3.05, 3.63) is 59.7 Å². The van der Waals surface area contributed by atoms with Crippen LogP contribution in [0.2, 0.25) is 0 Å². The second-order valence-electron chi connectivity index (χ2n) is 5.38. The molecular formula is C18H16O4. The van der Waals surface area contributed by atoms with Gasteiger partial charge in [0, 0.05) is 5.92 Å². The van der Waals surface area contributed by atoms with Crippen molar-refractivity contribution in [1.29, 1.82) is 0 Å². The summed E-state index contributed by atoms with van der Waals surface area (Å²) in [5.41, 5.74) is 4.09. The summed E-state index contributed by atoms with van der Waals surface area (Å²) in [6, 6.07) is 15.6. The van der Waals surface area contributed by atoms with Crippen LogP contribution >= 0.6 is 0 Å². The number of methoxy groups -OCH3 is 1. The molecule has 1 aliphatic rings. The van der Waals surface area contributed by atoms with Gasteiger partial charge in [-0.2, -0.15) is 0 Å². The van der Waals surface area contributed by atoms with E-state index >= 15 is 0 Å². The summed E-state index contributed by atoms with van der Waals surface area (Å²) in [5, 5.41) is 9.18. The highest BCUT2D eigenvalue weighted by molar-refractivity contribution is 5.86. The van der Waals surface area contributed by atoms with Crippen molar-refractivity contribution >= 4 is 11.9 Å². The Labute approximate surface area is 128 Å². The number of esters is 1. The molecule has 22 heavy (non-hydrogen) atoms. The summed E-state index contributed by atoms with van der Waals surface area (Å²) in [4.78, 5) is 23.4. The van der Waals surface area contributed by atoms with E-state index in [2.05, 4.69) is 0 Å². The standard InChI is InChI=1S/C18H16O4/c1-22-18(21)15(10-16(19)20)17-13-8-4-2-6-11(13)12-7-3-5-9-14(12)17/h2-9,15,17H,10H2,1H3,(H,19,20)/t15-/m1/s1. The van der Waals surface area contributed by atoms with E-state index in [1.54, 1.807) is 0 Å². The largest absolute Gasteiger partial charge is 0.481 e. The molecule has 0 heterocycles. The fourth-order valence-corrected chi connectivity index (χ4v) is 3.30. The van der Waals surface area contributed by atoms with Crippen LogP contribution in [0.1, 0.15) is 23.5 Å². The van der Waals surface area contributed by atoms with Gasteiger partial charge in [0.25, 0.3) is 0 Å². The molecule has 0 saturated carbocycles. The van der Waals surface area contributed by atoms with Gasteiger partial charge in [0.2, 0.25) is 0 Å². The maximum atomic E-state index is 12.2. The topological polar surface area (TPSA) is 63.6 Å². The molecule has 3 rings (SSSR count). The Kier molecular flexibility index (Phi) is 3.67. The van der Waals surface area contributed by atoms with E-state index in [4.69, 9.17) is 4.74 Å². The zero-order valence-electron chi connectivity index (χ0n) is 12.2. The number of aliphatic carboxylic acids is 1. The number of rotatable bonds is 4. The van der Waals surface area contributed by atoms with Crippen LogP contribution in [0.15, 0.2) is 48.5 Å². The van der Waals surface area contributed by atoms with Gasteiger partial charge < -0.3 is 9.84 Å². The van der Waals surface area contributed by atoms with Crippen LogP contribution in [0.5, 0.6) is 0 Å². The van der Waals surface area contributed by atoms with Crippen LogP contribution in [-0.4, -0.2) is 24.2 Å². The van der Waals surface area contributed by atoms with Gasteiger partial charge in [-0.1, -0.05) is 48.5 Å². The lowest BCUT2D eigenvalue weighted by Gasteiger charge is -2.22. The molecule has 0 amide bonds. The molecule has 4 nitrogen and oxygen atoms in total. The van der Waals surface area contributed by atoms with E-state index < -0.39 is 17.9 Å². The molecule has 0 radical (unpaired) electrons. The van der Waals surface area contributed by atoms with E-state index in [0.717, 1.165) is 22.3 Å². The maximum absolute atomic E-state index is 12.2. The molecule has 0 spiro atoms. The van der Waals surface area contributed by atoms with Gasteiger partial charge in [0.15, 0.2) is 0 Å². The molecule has 0 unspecified atom stereocenters. The molecule has 0 fully saturated rings. The number of hydrogen-bond donors (Lipinski definition) is 1. The SMILES string of the molecule is COC(=O)[C@H](CC(=O)O)C1c2ccccc2-c2ccccc21. The molecule has 1 atom stereocenters. The molecule has 0 aromatic heterocycles. The van der Waals surface area contributed by atoms with Gasteiger partial charge in [0.1, 0.15) is 0 Å². The molecular weight excluding hydrogens is 280 g/mol. The lowest BCUT2D eigenvalue weighted by atomic mass is 9.82. The number of benzene rings is 2. The Bertz CT molecular complexity index is 690. The number of hydrogen-bond acceptors (Lipinski definition) is 3. The van der Waals surface area contributed by atoms with Crippen molar-refractivity contribution in [2.24, 2.45) is 5.92 Å². The molecule has 2 aromatic rings. The van der Waals surface area contributed by atoms with Crippen molar-refractivity contribution in [3.63, 3.8) is 0 Å². The van der Waals surface area contributed by atoms with Gasteiger partial charge in [-0.15, -0.1) is 0 Å². The minimum absolute atomic E-state index is 0.250. The Hall–Kier alpha value is -2.62. The van der Waals surface area contributed by atoms with Gasteiger partial charge in [-0.05, 0) is 22.3 Å². The number of carboxylic acids is 1. The summed E-state index contributed by atoms with van der Waals surface area (Å²) < 4.78 is 4.85. The maximum Gasteiger partial charge on any atom is 0.310 e. The van der Waals surface area contributed by atoms with Crippen LogP contribution in [0, 0.1) is 5.92 Å². The Morgan fingerprint density at radius 2 is 1.55 bits per heavy atom. The van der Waals surface area contributed by atoms with E-state index in [0.29, 0.717) is 0 Å². The van der Waals surface area contributed by atoms with Crippen LogP contribution in [0.25, 0.3) is 11.1 Å². The lowest BCUT2D eigenvalue weighted by Crippen LogP contribution is -2.26. The fourth-order valence-electron chi connectivity index (χ4n) is 3.30. The molecule has 2 aromatic carbocycles. The smallest absolute Gasteiger partial charge is 0.310 e. The van der Waals surface area contributed by atoms with Crippen molar-refractivity contribution in [2.75, 3.05) is 7.11 Å². The van der Waals surface area contributed by atoms with Crippen LogP contribution in [-0.2, 0) is 14.3 Å². The molecule has 0 aliphatic heterocycles.